The molecular formula is C35H28N2O4. The quantitative estimate of drug-likeness (QED) is 0.180. The van der Waals surface area contributed by atoms with Crippen LogP contribution in [0.3, 0.4) is 0 Å². The van der Waals surface area contributed by atoms with Gasteiger partial charge < -0.3 is 14.2 Å². The van der Waals surface area contributed by atoms with Gasteiger partial charge in [-0.25, -0.2) is 9.97 Å². The summed E-state index contributed by atoms with van der Waals surface area (Å²) in [4.78, 5) is 22.1. The van der Waals surface area contributed by atoms with E-state index in [-0.39, 0.29) is 5.97 Å². The summed E-state index contributed by atoms with van der Waals surface area (Å²) >= 11 is 0. The Hall–Kier alpha value is -5.23. The molecule has 0 aliphatic rings. The van der Waals surface area contributed by atoms with Crippen LogP contribution in [0.15, 0.2) is 121 Å². The molecular weight excluding hydrogens is 512 g/mol. The molecule has 202 valence electrons. The Kier molecular flexibility index (Phi) is 7.54. The summed E-state index contributed by atoms with van der Waals surface area (Å²) in [6.07, 6.45) is 0. The van der Waals surface area contributed by atoms with Crippen LogP contribution in [-0.2, 0) is 22.7 Å². The maximum absolute atomic E-state index is 12.8. The number of carbonyl (C=O) groups excluding carboxylic acids is 1. The number of benzene rings is 4. The van der Waals surface area contributed by atoms with E-state index in [0.29, 0.717) is 24.7 Å². The van der Waals surface area contributed by atoms with Crippen molar-refractivity contribution in [3.63, 3.8) is 0 Å². The number of esters is 1. The number of methoxy groups -OCH3 is 1. The van der Waals surface area contributed by atoms with Crippen molar-refractivity contribution < 1.29 is 19.0 Å². The fraction of sp³-hybridized carbons (Fsp3) is 0.114. The van der Waals surface area contributed by atoms with E-state index >= 15 is 0 Å². The number of ether oxygens (including phenoxy) is 3. The van der Waals surface area contributed by atoms with Gasteiger partial charge in [-0.3, -0.25) is 4.79 Å². The Balaban J connectivity index is 1.12. The second-order valence-corrected chi connectivity index (χ2v) is 9.66. The highest BCUT2D eigenvalue weighted by atomic mass is 16.5. The maximum Gasteiger partial charge on any atom is 0.317 e. The molecule has 0 spiro atoms. The molecule has 0 saturated heterocycles. The second kappa shape index (κ2) is 11.9. The summed E-state index contributed by atoms with van der Waals surface area (Å²) in [7, 11) is 1.40. The largest absolute Gasteiger partial charge is 0.487 e. The van der Waals surface area contributed by atoms with E-state index in [2.05, 4.69) is 9.97 Å². The first-order valence-corrected chi connectivity index (χ1v) is 13.4. The van der Waals surface area contributed by atoms with E-state index < -0.39 is 5.92 Å². The molecule has 0 bridgehead atoms. The lowest BCUT2D eigenvalue weighted by Crippen LogP contribution is -2.15. The first-order chi connectivity index (χ1) is 20.2. The number of para-hydroxylation sites is 2. The number of carbonyl (C=O) groups is 1. The lowest BCUT2D eigenvalue weighted by molar-refractivity contribution is -0.141. The van der Waals surface area contributed by atoms with Crippen LogP contribution in [0.5, 0.6) is 11.5 Å². The number of rotatable bonds is 9. The lowest BCUT2D eigenvalue weighted by Gasteiger charge is -2.17. The van der Waals surface area contributed by atoms with Crippen molar-refractivity contribution >= 4 is 27.8 Å². The Morgan fingerprint density at radius 2 is 1.02 bits per heavy atom. The zero-order valence-corrected chi connectivity index (χ0v) is 22.6. The van der Waals surface area contributed by atoms with Gasteiger partial charge in [-0.2, -0.15) is 0 Å². The molecule has 2 aromatic heterocycles. The highest BCUT2D eigenvalue weighted by Crippen LogP contribution is 2.29. The summed E-state index contributed by atoms with van der Waals surface area (Å²) < 4.78 is 17.1. The normalized spacial score (nSPS) is 11.1. The topological polar surface area (TPSA) is 70.5 Å². The molecule has 6 rings (SSSR count). The van der Waals surface area contributed by atoms with Crippen LogP contribution in [0.2, 0.25) is 0 Å². The van der Waals surface area contributed by atoms with Gasteiger partial charge in [0.25, 0.3) is 0 Å². The number of hydrogen-bond acceptors (Lipinski definition) is 6. The fourth-order valence-electron chi connectivity index (χ4n) is 4.79. The Morgan fingerprint density at radius 1 is 0.585 bits per heavy atom. The molecule has 0 atom stereocenters. The monoisotopic (exact) mass is 540 g/mol. The number of aromatic nitrogens is 2. The molecule has 0 amide bonds. The molecule has 0 unspecified atom stereocenters. The van der Waals surface area contributed by atoms with Gasteiger partial charge in [0.1, 0.15) is 30.6 Å². The standard InChI is InChI=1S/C35H28N2O4/c1-39-35(38)34(26-12-18-30(19-13-26)40-22-28-16-10-24-6-2-4-8-32(24)36-28)27-14-20-31(21-15-27)41-23-29-17-11-25-7-3-5-9-33(25)37-29/h2-21,34H,22-23H2,1H3. The van der Waals surface area contributed by atoms with Gasteiger partial charge in [0.05, 0.1) is 29.5 Å². The fourth-order valence-corrected chi connectivity index (χ4v) is 4.79. The highest BCUT2D eigenvalue weighted by Gasteiger charge is 2.24. The highest BCUT2D eigenvalue weighted by molar-refractivity contribution is 5.82. The van der Waals surface area contributed by atoms with Crippen LogP contribution in [0.4, 0.5) is 0 Å². The minimum atomic E-state index is -0.576. The zero-order valence-electron chi connectivity index (χ0n) is 22.6. The molecule has 0 aliphatic carbocycles. The van der Waals surface area contributed by atoms with Crippen LogP contribution < -0.4 is 9.47 Å². The predicted molar refractivity (Wildman–Crippen MR) is 159 cm³/mol. The number of fused-ring (bicyclic) bond motifs is 2. The average Bonchev–Trinajstić information content (AvgIpc) is 3.03. The van der Waals surface area contributed by atoms with E-state index in [0.717, 1.165) is 44.3 Å². The van der Waals surface area contributed by atoms with Gasteiger partial charge in [0.2, 0.25) is 0 Å². The predicted octanol–water partition coefficient (Wildman–Crippen LogP) is 7.25. The van der Waals surface area contributed by atoms with E-state index in [9.17, 15) is 4.79 Å². The van der Waals surface area contributed by atoms with Crippen LogP contribution in [-0.4, -0.2) is 23.0 Å². The first-order valence-electron chi connectivity index (χ1n) is 13.4. The van der Waals surface area contributed by atoms with Gasteiger partial charge in [0, 0.05) is 10.8 Å². The Labute approximate surface area is 238 Å². The lowest BCUT2D eigenvalue weighted by atomic mass is 9.91. The maximum atomic E-state index is 12.8. The van der Waals surface area contributed by atoms with E-state index in [4.69, 9.17) is 14.2 Å². The van der Waals surface area contributed by atoms with E-state index in [1.807, 2.05) is 121 Å². The van der Waals surface area contributed by atoms with Crippen LogP contribution in [0.25, 0.3) is 21.8 Å². The molecule has 0 fully saturated rings. The summed E-state index contributed by atoms with van der Waals surface area (Å²) in [6, 6.07) is 39.0. The van der Waals surface area contributed by atoms with E-state index in [1.54, 1.807) is 0 Å². The first kappa shape index (κ1) is 26.0. The Bertz CT molecular complexity index is 1670. The molecule has 0 saturated carbocycles. The molecule has 6 nitrogen and oxygen atoms in total. The number of nitrogens with zero attached hydrogens (tertiary/aromatic N) is 2. The molecule has 6 heteroatoms. The van der Waals surface area contributed by atoms with Crippen molar-refractivity contribution in [2.75, 3.05) is 7.11 Å². The zero-order chi connectivity index (χ0) is 28.0. The molecule has 0 N–H and O–H groups in total. The number of pyridine rings is 2. The van der Waals surface area contributed by atoms with Crippen LogP contribution in [0, 0.1) is 0 Å². The second-order valence-electron chi connectivity index (χ2n) is 9.66. The van der Waals surface area contributed by atoms with Crippen molar-refractivity contribution in [2.24, 2.45) is 0 Å². The van der Waals surface area contributed by atoms with Crippen LogP contribution in [0.1, 0.15) is 28.4 Å². The SMILES string of the molecule is COC(=O)C(c1ccc(OCc2ccc3ccccc3n2)cc1)c1ccc(OCc2ccc3ccccc3n2)cc1. The van der Waals surface area contributed by atoms with Gasteiger partial charge in [0.15, 0.2) is 0 Å². The van der Waals surface area contributed by atoms with Gasteiger partial charge in [-0.05, 0) is 59.7 Å². The smallest absolute Gasteiger partial charge is 0.317 e. The third-order valence-electron chi connectivity index (χ3n) is 6.95. The molecule has 4 aromatic carbocycles. The average molecular weight is 541 g/mol. The Morgan fingerprint density at radius 3 is 1.46 bits per heavy atom. The molecule has 0 radical (unpaired) electrons. The third kappa shape index (κ3) is 6.02. The summed E-state index contributed by atoms with van der Waals surface area (Å²) in [5.74, 6) is 0.470. The minimum Gasteiger partial charge on any atom is -0.487 e. The van der Waals surface area contributed by atoms with Crippen molar-refractivity contribution in [3.8, 4) is 11.5 Å². The molecule has 2 heterocycles. The van der Waals surface area contributed by atoms with Crippen molar-refractivity contribution in [1.29, 1.82) is 0 Å². The van der Waals surface area contributed by atoms with E-state index in [1.165, 1.54) is 7.11 Å². The minimum absolute atomic E-state index is 0.340. The molecule has 0 aliphatic heterocycles. The third-order valence-corrected chi connectivity index (χ3v) is 6.95. The number of hydrogen-bond donors (Lipinski definition) is 0. The van der Waals surface area contributed by atoms with Crippen LogP contribution >= 0.6 is 0 Å². The van der Waals surface area contributed by atoms with Gasteiger partial charge in [-0.1, -0.05) is 72.8 Å². The summed E-state index contributed by atoms with van der Waals surface area (Å²) in [5.41, 5.74) is 5.18. The van der Waals surface area contributed by atoms with Crippen molar-refractivity contribution in [1.82, 2.24) is 9.97 Å². The molecule has 41 heavy (non-hydrogen) atoms. The van der Waals surface area contributed by atoms with Gasteiger partial charge in [-0.15, -0.1) is 0 Å². The summed E-state index contributed by atoms with van der Waals surface area (Å²) in [5, 5.41) is 2.19. The van der Waals surface area contributed by atoms with Crippen molar-refractivity contribution in [3.05, 3.63) is 144 Å². The molecule has 6 aromatic rings. The van der Waals surface area contributed by atoms with Crippen molar-refractivity contribution in [2.45, 2.75) is 19.1 Å². The van der Waals surface area contributed by atoms with Gasteiger partial charge >= 0.3 is 5.97 Å². The summed E-state index contributed by atoms with van der Waals surface area (Å²) in [6.45, 7) is 0.696.